The molecule has 0 spiro atoms. The molecule has 31 heavy (non-hydrogen) atoms. The lowest BCUT2D eigenvalue weighted by Crippen LogP contribution is -2.53. The van der Waals surface area contributed by atoms with Crippen molar-refractivity contribution >= 4 is 39.3 Å². The second-order valence-corrected chi connectivity index (χ2v) is 8.66. The molecule has 7 nitrogen and oxygen atoms in total. The molecule has 162 valence electrons. The van der Waals surface area contributed by atoms with Crippen LogP contribution in [0.2, 0.25) is 0 Å². The summed E-state index contributed by atoms with van der Waals surface area (Å²) in [6, 6.07) is 14.9. The van der Waals surface area contributed by atoms with E-state index in [-0.39, 0.29) is 5.91 Å². The molecule has 1 saturated heterocycles. The van der Waals surface area contributed by atoms with Gasteiger partial charge in [0.25, 0.3) is 5.91 Å². The van der Waals surface area contributed by atoms with E-state index in [4.69, 9.17) is 0 Å². The molecule has 0 radical (unpaired) electrons. The average Bonchev–Trinajstić information content (AvgIpc) is 3.04. The molecule has 2 heterocycles. The lowest BCUT2D eigenvalue weighted by molar-refractivity contribution is -0.147. The van der Waals surface area contributed by atoms with Gasteiger partial charge in [0.2, 0.25) is 0 Å². The topological polar surface area (TPSA) is 73.0 Å². The smallest absolute Gasteiger partial charge is 0.311 e. The number of benzene rings is 2. The number of amides is 3. The van der Waals surface area contributed by atoms with Gasteiger partial charge in [-0.2, -0.15) is 0 Å². The molecule has 0 aromatic heterocycles. The minimum atomic E-state index is -0.844. The average molecular weight is 485 g/mol. The Kier molecular flexibility index (Phi) is 6.38. The summed E-state index contributed by atoms with van der Waals surface area (Å²) in [4.78, 5) is 43.7. The Morgan fingerprint density at radius 1 is 1.06 bits per heavy atom. The standard InChI is InChI=1S/C23H25BrN4O3/c1-2-28-19-9-8-17(24)14-18(19)20(22(28)30)25-21(29)23(31)27-12-10-26(11-13-27)15-16-6-4-3-5-7-16/h3-9,14,20H,2,10-13,15H2,1H3,(H,25,29)/t20-/m1/s1. The SMILES string of the molecule is CCN1C(=O)[C@H](NC(=O)C(=O)N2CCN(Cc3ccccc3)CC2)c2cc(Br)ccc21. The second kappa shape index (κ2) is 9.20. The number of rotatable bonds is 4. The Bertz CT molecular complexity index is 990. The van der Waals surface area contributed by atoms with E-state index in [1.807, 2.05) is 43.3 Å². The summed E-state index contributed by atoms with van der Waals surface area (Å²) in [7, 11) is 0. The fourth-order valence-electron chi connectivity index (χ4n) is 4.16. The number of anilines is 1. The molecule has 3 amide bonds. The first-order chi connectivity index (χ1) is 15.0. The van der Waals surface area contributed by atoms with Crippen LogP contribution in [0.3, 0.4) is 0 Å². The summed E-state index contributed by atoms with van der Waals surface area (Å²) in [5.74, 6) is -1.54. The van der Waals surface area contributed by atoms with Gasteiger partial charge in [-0.1, -0.05) is 46.3 Å². The molecule has 2 aromatic rings. The van der Waals surface area contributed by atoms with Crippen LogP contribution in [0.1, 0.15) is 24.1 Å². The summed E-state index contributed by atoms with van der Waals surface area (Å²) >= 11 is 3.42. The van der Waals surface area contributed by atoms with Crippen LogP contribution in [-0.4, -0.2) is 60.2 Å². The number of halogens is 1. The maximum absolute atomic E-state index is 12.8. The number of carbonyl (C=O) groups is 3. The van der Waals surface area contributed by atoms with Crippen molar-refractivity contribution in [3.63, 3.8) is 0 Å². The summed E-state index contributed by atoms with van der Waals surface area (Å²) in [5, 5.41) is 2.67. The van der Waals surface area contributed by atoms with Crippen LogP contribution in [0.15, 0.2) is 53.0 Å². The van der Waals surface area contributed by atoms with Gasteiger partial charge in [0, 0.05) is 55.0 Å². The lowest BCUT2D eigenvalue weighted by Gasteiger charge is -2.34. The number of carbonyl (C=O) groups excluding carboxylic acids is 3. The number of likely N-dealkylation sites (N-methyl/N-ethyl adjacent to an activating group) is 1. The van der Waals surface area contributed by atoms with E-state index in [0.29, 0.717) is 38.3 Å². The molecule has 2 aliphatic rings. The zero-order valence-electron chi connectivity index (χ0n) is 17.4. The Hall–Kier alpha value is -2.71. The summed E-state index contributed by atoms with van der Waals surface area (Å²) in [6.45, 7) is 5.59. The van der Waals surface area contributed by atoms with E-state index >= 15 is 0 Å². The van der Waals surface area contributed by atoms with Crippen molar-refractivity contribution in [3.8, 4) is 0 Å². The van der Waals surface area contributed by atoms with Crippen molar-refractivity contribution in [1.82, 2.24) is 15.1 Å². The van der Waals surface area contributed by atoms with E-state index in [0.717, 1.165) is 16.7 Å². The summed E-state index contributed by atoms with van der Waals surface area (Å²) in [6.07, 6.45) is 0. The Morgan fingerprint density at radius 2 is 1.77 bits per heavy atom. The molecule has 1 atom stereocenters. The first-order valence-corrected chi connectivity index (χ1v) is 11.2. The minimum absolute atomic E-state index is 0.218. The quantitative estimate of drug-likeness (QED) is 0.675. The highest BCUT2D eigenvalue weighted by Crippen LogP contribution is 2.37. The molecule has 0 saturated carbocycles. The van der Waals surface area contributed by atoms with E-state index in [1.54, 1.807) is 9.80 Å². The van der Waals surface area contributed by atoms with Crippen LogP contribution in [0.5, 0.6) is 0 Å². The van der Waals surface area contributed by atoms with Crippen molar-refractivity contribution in [3.05, 3.63) is 64.1 Å². The first-order valence-electron chi connectivity index (χ1n) is 10.4. The molecule has 1 fully saturated rings. The highest BCUT2D eigenvalue weighted by molar-refractivity contribution is 9.10. The zero-order chi connectivity index (χ0) is 22.0. The normalized spacial score (nSPS) is 18.8. The number of nitrogens with one attached hydrogen (secondary N) is 1. The van der Waals surface area contributed by atoms with Crippen molar-refractivity contribution in [2.75, 3.05) is 37.6 Å². The fourth-order valence-corrected chi connectivity index (χ4v) is 4.54. The molecule has 2 aromatic carbocycles. The fraction of sp³-hybridized carbons (Fsp3) is 0.348. The van der Waals surface area contributed by atoms with Gasteiger partial charge in [0.15, 0.2) is 0 Å². The van der Waals surface area contributed by atoms with Crippen molar-refractivity contribution in [2.45, 2.75) is 19.5 Å². The molecular weight excluding hydrogens is 460 g/mol. The third-order valence-corrected chi connectivity index (χ3v) is 6.29. The van der Waals surface area contributed by atoms with E-state index in [9.17, 15) is 14.4 Å². The van der Waals surface area contributed by atoms with Gasteiger partial charge in [-0.25, -0.2) is 0 Å². The van der Waals surface area contributed by atoms with Gasteiger partial charge < -0.3 is 15.1 Å². The third kappa shape index (κ3) is 4.50. The first kappa shape index (κ1) is 21.5. The van der Waals surface area contributed by atoms with Crippen molar-refractivity contribution in [2.24, 2.45) is 0 Å². The minimum Gasteiger partial charge on any atom is -0.332 e. The maximum atomic E-state index is 12.8. The molecule has 1 N–H and O–H groups in total. The van der Waals surface area contributed by atoms with Gasteiger partial charge in [-0.15, -0.1) is 0 Å². The third-order valence-electron chi connectivity index (χ3n) is 5.80. The second-order valence-electron chi connectivity index (χ2n) is 7.75. The van der Waals surface area contributed by atoms with Gasteiger partial charge in [0.1, 0.15) is 6.04 Å². The zero-order valence-corrected chi connectivity index (χ0v) is 19.0. The number of piperazine rings is 1. The highest BCUT2D eigenvalue weighted by Gasteiger charge is 2.39. The van der Waals surface area contributed by atoms with Gasteiger partial charge >= 0.3 is 11.8 Å². The van der Waals surface area contributed by atoms with Crippen LogP contribution < -0.4 is 10.2 Å². The van der Waals surface area contributed by atoms with Crippen LogP contribution in [0.4, 0.5) is 5.69 Å². The number of nitrogens with zero attached hydrogens (tertiary/aromatic N) is 3. The number of fused-ring (bicyclic) bond motifs is 1. The number of hydrogen-bond donors (Lipinski definition) is 1. The van der Waals surface area contributed by atoms with Crippen LogP contribution in [-0.2, 0) is 20.9 Å². The van der Waals surface area contributed by atoms with E-state index in [1.165, 1.54) is 5.56 Å². The van der Waals surface area contributed by atoms with E-state index < -0.39 is 17.9 Å². The monoisotopic (exact) mass is 484 g/mol. The van der Waals surface area contributed by atoms with Crippen LogP contribution in [0, 0.1) is 0 Å². The van der Waals surface area contributed by atoms with Gasteiger partial charge in [0.05, 0.1) is 0 Å². The van der Waals surface area contributed by atoms with E-state index in [2.05, 4.69) is 38.3 Å². The summed E-state index contributed by atoms with van der Waals surface area (Å²) in [5.41, 5.74) is 2.70. The molecular formula is C23H25BrN4O3. The maximum Gasteiger partial charge on any atom is 0.311 e. The molecule has 8 heteroatoms. The highest BCUT2D eigenvalue weighted by atomic mass is 79.9. The molecule has 0 unspecified atom stereocenters. The Balaban J connectivity index is 1.37. The van der Waals surface area contributed by atoms with Crippen LogP contribution >= 0.6 is 15.9 Å². The van der Waals surface area contributed by atoms with Crippen LogP contribution in [0.25, 0.3) is 0 Å². The lowest BCUT2D eigenvalue weighted by atomic mass is 10.1. The largest absolute Gasteiger partial charge is 0.332 e. The Morgan fingerprint density at radius 3 is 2.45 bits per heavy atom. The molecule has 0 aliphatic carbocycles. The Labute approximate surface area is 190 Å². The van der Waals surface area contributed by atoms with Crippen molar-refractivity contribution < 1.29 is 14.4 Å². The predicted octanol–water partition coefficient (Wildman–Crippen LogP) is 2.32. The molecule has 2 aliphatic heterocycles. The molecule has 4 rings (SSSR count). The van der Waals surface area contributed by atoms with Gasteiger partial charge in [-0.3, -0.25) is 19.3 Å². The summed E-state index contributed by atoms with van der Waals surface area (Å²) < 4.78 is 0.817. The van der Waals surface area contributed by atoms with Crippen molar-refractivity contribution in [1.29, 1.82) is 0 Å². The van der Waals surface area contributed by atoms with Gasteiger partial charge in [-0.05, 0) is 30.7 Å². The predicted molar refractivity (Wildman–Crippen MR) is 121 cm³/mol. The number of hydrogen-bond acceptors (Lipinski definition) is 4. The molecule has 0 bridgehead atoms.